The van der Waals surface area contributed by atoms with Crippen molar-refractivity contribution >= 4 is 7.92 Å². The van der Waals surface area contributed by atoms with Crippen LogP contribution in [0.1, 0.15) is 19.8 Å². The molecule has 0 radical (unpaired) electrons. The van der Waals surface area contributed by atoms with Crippen molar-refractivity contribution in [1.29, 1.82) is 0 Å². The Balaban J connectivity index is 2.32. The predicted octanol–water partition coefficient (Wildman–Crippen LogP) is 2.80. The number of hydrogen-bond acceptors (Lipinski definition) is 0. The topological polar surface area (TPSA) is 0 Å². The monoisotopic (exact) mass is 128 g/mol. The second kappa shape index (κ2) is 3.25. The minimum Gasteiger partial charge on any atom is -0.0840 e. The molecule has 0 fully saturated rings. The molecule has 0 saturated heterocycles. The van der Waals surface area contributed by atoms with E-state index in [1.54, 1.807) is 0 Å². The van der Waals surface area contributed by atoms with Gasteiger partial charge in [-0.25, -0.2) is 0 Å². The summed E-state index contributed by atoms with van der Waals surface area (Å²) >= 11 is 0. The van der Waals surface area contributed by atoms with Gasteiger partial charge < -0.3 is 0 Å². The van der Waals surface area contributed by atoms with Crippen LogP contribution in [-0.4, -0.2) is 12.3 Å². The standard InChI is InChI=1S/C7H13P/c1-2-8-6-4-3-5-7-8/h4,6H,2-3,5,7H2,1H3. The van der Waals surface area contributed by atoms with E-state index in [2.05, 4.69) is 18.8 Å². The Labute approximate surface area is 52.7 Å². The number of allylic oxidation sites excluding steroid dienone is 1. The minimum atomic E-state index is 0.350. The molecule has 8 heavy (non-hydrogen) atoms. The van der Waals surface area contributed by atoms with Gasteiger partial charge in [-0.3, -0.25) is 0 Å². The first-order valence-electron chi connectivity index (χ1n) is 3.34. The smallest absolute Gasteiger partial charge is 0.0288 e. The molecule has 0 aromatic rings. The van der Waals surface area contributed by atoms with E-state index in [0.29, 0.717) is 7.92 Å². The molecule has 1 rings (SSSR count). The number of rotatable bonds is 1. The van der Waals surface area contributed by atoms with Crippen molar-refractivity contribution < 1.29 is 0 Å². The van der Waals surface area contributed by atoms with Gasteiger partial charge in [-0.05, 0) is 25.2 Å². The molecule has 1 heteroatoms. The van der Waals surface area contributed by atoms with Gasteiger partial charge in [0.05, 0.1) is 0 Å². The van der Waals surface area contributed by atoms with Crippen LogP contribution in [0, 0.1) is 0 Å². The van der Waals surface area contributed by atoms with Crippen molar-refractivity contribution in [2.45, 2.75) is 19.8 Å². The van der Waals surface area contributed by atoms with Crippen LogP contribution in [0.4, 0.5) is 0 Å². The molecule has 0 amide bonds. The normalized spacial score (nSPS) is 28.4. The van der Waals surface area contributed by atoms with Crippen molar-refractivity contribution in [3.63, 3.8) is 0 Å². The average molecular weight is 128 g/mol. The first kappa shape index (κ1) is 6.29. The third-order valence-electron chi connectivity index (χ3n) is 1.54. The highest BCUT2D eigenvalue weighted by molar-refractivity contribution is 7.60. The summed E-state index contributed by atoms with van der Waals surface area (Å²) in [5.41, 5.74) is 0. The zero-order chi connectivity index (χ0) is 5.82. The largest absolute Gasteiger partial charge is 0.0840 e. The third-order valence-corrected chi connectivity index (χ3v) is 3.87. The number of hydrogen-bond donors (Lipinski definition) is 0. The quantitative estimate of drug-likeness (QED) is 0.476. The van der Waals surface area contributed by atoms with E-state index in [4.69, 9.17) is 0 Å². The van der Waals surface area contributed by atoms with Gasteiger partial charge in [0.1, 0.15) is 0 Å². The summed E-state index contributed by atoms with van der Waals surface area (Å²) in [7, 11) is 0.350. The molecule has 0 spiro atoms. The molecule has 1 unspecified atom stereocenters. The van der Waals surface area contributed by atoms with Crippen LogP contribution in [-0.2, 0) is 0 Å². The molecule has 1 atom stereocenters. The molecule has 0 aromatic heterocycles. The van der Waals surface area contributed by atoms with E-state index in [1.807, 2.05) is 0 Å². The predicted molar refractivity (Wildman–Crippen MR) is 40.7 cm³/mol. The Hall–Kier alpha value is 0.170. The summed E-state index contributed by atoms with van der Waals surface area (Å²) in [6.07, 6.45) is 8.00. The second-order valence-electron chi connectivity index (χ2n) is 2.16. The maximum atomic E-state index is 2.43. The van der Waals surface area contributed by atoms with Gasteiger partial charge in [0.2, 0.25) is 0 Å². The molecule has 1 aliphatic rings. The fraction of sp³-hybridized carbons (Fsp3) is 0.714. The summed E-state index contributed by atoms with van der Waals surface area (Å²) in [5.74, 6) is 2.43. The molecule has 0 bridgehead atoms. The fourth-order valence-corrected chi connectivity index (χ4v) is 2.69. The summed E-state index contributed by atoms with van der Waals surface area (Å²) in [5, 5.41) is 0. The van der Waals surface area contributed by atoms with Crippen molar-refractivity contribution in [3.05, 3.63) is 11.9 Å². The Kier molecular flexibility index (Phi) is 2.55. The average Bonchev–Trinajstić information content (AvgIpc) is 1.90. The first-order chi connectivity index (χ1) is 3.93. The van der Waals surface area contributed by atoms with Crippen LogP contribution in [0.2, 0.25) is 0 Å². The summed E-state index contributed by atoms with van der Waals surface area (Å²) in [6.45, 7) is 2.29. The SMILES string of the molecule is CCP1C=CCCC1. The lowest BCUT2D eigenvalue weighted by atomic mass is 10.3. The van der Waals surface area contributed by atoms with Gasteiger partial charge in [0.15, 0.2) is 0 Å². The molecular formula is C7H13P. The molecule has 0 aromatic carbocycles. The molecule has 46 valence electrons. The Bertz CT molecular complexity index is 86.4. The maximum absolute atomic E-state index is 2.43. The van der Waals surface area contributed by atoms with Crippen LogP contribution in [0.25, 0.3) is 0 Å². The van der Waals surface area contributed by atoms with Gasteiger partial charge in [-0.2, -0.15) is 0 Å². The lowest BCUT2D eigenvalue weighted by Gasteiger charge is -2.13. The molecule has 0 nitrogen and oxygen atoms in total. The van der Waals surface area contributed by atoms with Crippen LogP contribution in [0.3, 0.4) is 0 Å². The van der Waals surface area contributed by atoms with Crippen LogP contribution in [0.15, 0.2) is 11.9 Å². The summed E-state index contributed by atoms with van der Waals surface area (Å²) in [4.78, 5) is 0. The van der Waals surface area contributed by atoms with Gasteiger partial charge in [-0.1, -0.05) is 26.7 Å². The summed E-state index contributed by atoms with van der Waals surface area (Å²) in [6, 6.07) is 0. The summed E-state index contributed by atoms with van der Waals surface area (Å²) < 4.78 is 0. The van der Waals surface area contributed by atoms with E-state index in [9.17, 15) is 0 Å². The van der Waals surface area contributed by atoms with Crippen LogP contribution >= 0.6 is 7.92 Å². The lowest BCUT2D eigenvalue weighted by molar-refractivity contribution is 0.954. The van der Waals surface area contributed by atoms with Crippen molar-refractivity contribution in [1.82, 2.24) is 0 Å². The lowest BCUT2D eigenvalue weighted by Crippen LogP contribution is -1.88. The maximum Gasteiger partial charge on any atom is -0.0288 e. The molecule has 1 heterocycles. The van der Waals surface area contributed by atoms with E-state index in [-0.39, 0.29) is 0 Å². The third kappa shape index (κ3) is 1.59. The van der Waals surface area contributed by atoms with E-state index in [0.717, 1.165) is 0 Å². The molecular weight excluding hydrogens is 115 g/mol. The van der Waals surface area contributed by atoms with Crippen LogP contribution in [0.5, 0.6) is 0 Å². The molecule has 0 aliphatic carbocycles. The van der Waals surface area contributed by atoms with Crippen molar-refractivity contribution in [2.24, 2.45) is 0 Å². The Morgan fingerprint density at radius 2 is 2.50 bits per heavy atom. The second-order valence-corrected chi connectivity index (χ2v) is 4.71. The molecule has 0 saturated carbocycles. The van der Waals surface area contributed by atoms with Gasteiger partial charge in [0, 0.05) is 0 Å². The van der Waals surface area contributed by atoms with Crippen LogP contribution < -0.4 is 0 Å². The highest BCUT2D eigenvalue weighted by atomic mass is 31.1. The highest BCUT2D eigenvalue weighted by Crippen LogP contribution is 2.40. The van der Waals surface area contributed by atoms with Crippen molar-refractivity contribution in [3.8, 4) is 0 Å². The van der Waals surface area contributed by atoms with Gasteiger partial charge >= 0.3 is 0 Å². The fourth-order valence-electron chi connectivity index (χ4n) is 0.974. The highest BCUT2D eigenvalue weighted by Gasteiger charge is 2.02. The van der Waals surface area contributed by atoms with Gasteiger partial charge in [-0.15, -0.1) is 0 Å². The van der Waals surface area contributed by atoms with E-state index < -0.39 is 0 Å². The van der Waals surface area contributed by atoms with Gasteiger partial charge in [0.25, 0.3) is 0 Å². The van der Waals surface area contributed by atoms with E-state index >= 15 is 0 Å². The van der Waals surface area contributed by atoms with E-state index in [1.165, 1.54) is 25.2 Å². The zero-order valence-electron chi connectivity index (χ0n) is 5.43. The minimum absolute atomic E-state index is 0.350. The Morgan fingerprint density at radius 3 is 2.88 bits per heavy atom. The molecule has 1 aliphatic heterocycles. The Morgan fingerprint density at radius 1 is 1.62 bits per heavy atom. The molecule has 0 N–H and O–H groups in total. The first-order valence-corrected chi connectivity index (χ1v) is 5.12. The zero-order valence-corrected chi connectivity index (χ0v) is 6.32. The van der Waals surface area contributed by atoms with Crippen molar-refractivity contribution in [2.75, 3.05) is 12.3 Å².